The van der Waals surface area contributed by atoms with Crippen LogP contribution >= 0.6 is 22.7 Å². The summed E-state index contributed by atoms with van der Waals surface area (Å²) in [6, 6.07) is 9.40. The van der Waals surface area contributed by atoms with Crippen molar-refractivity contribution < 1.29 is 18.4 Å². The number of esters is 1. The number of halogens is 1. The average molecular weight is 468 g/mol. The van der Waals surface area contributed by atoms with Gasteiger partial charge in [0.15, 0.2) is 6.61 Å². The highest BCUT2D eigenvalue weighted by molar-refractivity contribution is 7.18. The molecular formula is C21H13FN4O4S2. The van der Waals surface area contributed by atoms with Crippen LogP contribution in [0.4, 0.5) is 4.39 Å². The molecule has 0 radical (unpaired) electrons. The molecule has 0 fully saturated rings. The molecule has 11 heteroatoms. The summed E-state index contributed by atoms with van der Waals surface area (Å²) in [7, 11) is 0. The Bertz CT molecular complexity index is 1460. The van der Waals surface area contributed by atoms with Gasteiger partial charge in [0, 0.05) is 21.4 Å². The molecule has 0 aliphatic rings. The topological polar surface area (TPSA) is 100 Å². The van der Waals surface area contributed by atoms with Crippen LogP contribution in [-0.4, -0.2) is 25.7 Å². The summed E-state index contributed by atoms with van der Waals surface area (Å²) in [6.45, 7) is -0.531. The Morgan fingerprint density at radius 3 is 2.81 bits per heavy atom. The third kappa shape index (κ3) is 3.95. The highest BCUT2D eigenvalue weighted by atomic mass is 32.1. The molecule has 4 aromatic heterocycles. The van der Waals surface area contributed by atoms with Gasteiger partial charge < -0.3 is 9.26 Å². The Hall–Kier alpha value is -3.70. The van der Waals surface area contributed by atoms with Crippen molar-refractivity contribution in [3.8, 4) is 21.9 Å². The van der Waals surface area contributed by atoms with E-state index in [0.29, 0.717) is 15.8 Å². The van der Waals surface area contributed by atoms with Crippen LogP contribution < -0.4 is 5.56 Å². The molecule has 0 spiro atoms. The molecule has 0 amide bonds. The van der Waals surface area contributed by atoms with Crippen LogP contribution in [0.3, 0.4) is 0 Å². The molecule has 5 rings (SSSR count). The maximum atomic E-state index is 13.0. The summed E-state index contributed by atoms with van der Waals surface area (Å²) in [5, 5.41) is 8.06. The van der Waals surface area contributed by atoms with E-state index in [9.17, 15) is 14.0 Å². The smallest absolute Gasteiger partial charge is 0.326 e. The quantitative estimate of drug-likeness (QED) is 0.346. The molecule has 0 aliphatic carbocycles. The van der Waals surface area contributed by atoms with Crippen LogP contribution in [0.25, 0.3) is 32.1 Å². The first kappa shape index (κ1) is 20.2. The number of benzene rings is 1. The molecule has 32 heavy (non-hydrogen) atoms. The molecule has 160 valence electrons. The van der Waals surface area contributed by atoms with Gasteiger partial charge in [0.05, 0.1) is 11.7 Å². The summed E-state index contributed by atoms with van der Waals surface area (Å²) in [4.78, 5) is 35.3. The van der Waals surface area contributed by atoms with Crippen molar-refractivity contribution >= 4 is 38.9 Å². The van der Waals surface area contributed by atoms with Crippen molar-refractivity contribution in [1.82, 2.24) is 19.7 Å². The standard InChI is InChI=1S/C21H13FN4O4S2/c22-13-5-3-12(4-6-13)19-24-16(25-30-19)9-29-17(27)8-26-11-23-20-18(21(26)28)14(10-32-20)15-2-1-7-31-15/h1-7,10-11H,8-9H2. The monoisotopic (exact) mass is 468 g/mol. The van der Waals surface area contributed by atoms with Gasteiger partial charge in [-0.25, -0.2) is 9.37 Å². The van der Waals surface area contributed by atoms with Crippen LogP contribution in [0.15, 0.2) is 62.8 Å². The second kappa shape index (κ2) is 8.44. The van der Waals surface area contributed by atoms with Gasteiger partial charge in [-0.1, -0.05) is 11.2 Å². The van der Waals surface area contributed by atoms with Gasteiger partial charge in [0.1, 0.15) is 17.2 Å². The number of hydrogen-bond donors (Lipinski definition) is 0. The van der Waals surface area contributed by atoms with E-state index in [1.807, 2.05) is 22.9 Å². The Balaban J connectivity index is 1.29. The molecular weight excluding hydrogens is 455 g/mol. The second-order valence-electron chi connectivity index (χ2n) is 6.67. The molecule has 8 nitrogen and oxygen atoms in total. The van der Waals surface area contributed by atoms with Crippen molar-refractivity contribution in [2.24, 2.45) is 0 Å². The minimum absolute atomic E-state index is 0.149. The molecule has 0 aliphatic heterocycles. The van der Waals surface area contributed by atoms with E-state index in [1.165, 1.54) is 57.8 Å². The minimum Gasteiger partial charge on any atom is -0.456 e. The number of thiophene rings is 2. The molecule has 0 N–H and O–H groups in total. The highest BCUT2D eigenvalue weighted by Crippen LogP contribution is 2.33. The number of ether oxygens (including phenoxy) is 1. The summed E-state index contributed by atoms with van der Waals surface area (Å²) >= 11 is 2.91. The summed E-state index contributed by atoms with van der Waals surface area (Å²) in [6.07, 6.45) is 1.33. The Labute approximate surface area is 187 Å². The summed E-state index contributed by atoms with van der Waals surface area (Å²) in [5.74, 6) is -0.693. The molecule has 0 atom stereocenters. The maximum Gasteiger partial charge on any atom is 0.326 e. The largest absolute Gasteiger partial charge is 0.456 e. The zero-order valence-electron chi connectivity index (χ0n) is 16.2. The van der Waals surface area contributed by atoms with E-state index in [-0.39, 0.29) is 36.2 Å². The van der Waals surface area contributed by atoms with E-state index in [0.717, 1.165) is 10.4 Å². The number of rotatable bonds is 6. The fourth-order valence-electron chi connectivity index (χ4n) is 3.05. The van der Waals surface area contributed by atoms with Gasteiger partial charge in [0.25, 0.3) is 11.4 Å². The highest BCUT2D eigenvalue weighted by Gasteiger charge is 2.16. The van der Waals surface area contributed by atoms with Crippen molar-refractivity contribution in [3.63, 3.8) is 0 Å². The van der Waals surface area contributed by atoms with Crippen LogP contribution in [0.5, 0.6) is 0 Å². The van der Waals surface area contributed by atoms with Gasteiger partial charge in [-0.05, 0) is 35.7 Å². The second-order valence-corrected chi connectivity index (χ2v) is 8.47. The molecule has 5 aromatic rings. The van der Waals surface area contributed by atoms with Gasteiger partial charge >= 0.3 is 5.97 Å². The normalized spacial score (nSPS) is 11.2. The molecule has 0 saturated heterocycles. The van der Waals surface area contributed by atoms with E-state index >= 15 is 0 Å². The van der Waals surface area contributed by atoms with Crippen LogP contribution in [0.1, 0.15) is 5.82 Å². The average Bonchev–Trinajstić information content (AvgIpc) is 3.55. The SMILES string of the molecule is O=C(Cn1cnc2scc(-c3cccs3)c2c1=O)OCc1noc(-c2ccc(F)cc2)n1. The fraction of sp³-hybridized carbons (Fsp3) is 0.0952. The zero-order valence-corrected chi connectivity index (χ0v) is 17.9. The fourth-order valence-corrected chi connectivity index (χ4v) is 4.77. The van der Waals surface area contributed by atoms with E-state index in [4.69, 9.17) is 9.26 Å². The van der Waals surface area contributed by atoms with E-state index in [1.54, 1.807) is 0 Å². The molecule has 0 bridgehead atoms. The first-order valence-corrected chi connectivity index (χ1v) is 11.1. The Morgan fingerprint density at radius 1 is 1.19 bits per heavy atom. The van der Waals surface area contributed by atoms with Crippen molar-refractivity contribution in [2.75, 3.05) is 0 Å². The Kier molecular flexibility index (Phi) is 5.33. The van der Waals surface area contributed by atoms with Crippen molar-refractivity contribution in [2.45, 2.75) is 13.2 Å². The third-order valence-electron chi connectivity index (χ3n) is 4.57. The van der Waals surface area contributed by atoms with Gasteiger partial charge in [-0.3, -0.25) is 14.2 Å². The lowest BCUT2D eigenvalue weighted by Crippen LogP contribution is -2.25. The third-order valence-corrected chi connectivity index (χ3v) is 6.36. The van der Waals surface area contributed by atoms with Gasteiger partial charge in [0.2, 0.25) is 5.82 Å². The lowest BCUT2D eigenvalue weighted by molar-refractivity contribution is -0.146. The first-order chi connectivity index (χ1) is 15.6. The first-order valence-electron chi connectivity index (χ1n) is 9.33. The minimum atomic E-state index is -0.644. The predicted molar refractivity (Wildman–Crippen MR) is 117 cm³/mol. The number of carbonyl (C=O) groups excluding carboxylic acids is 1. The lowest BCUT2D eigenvalue weighted by Gasteiger charge is -2.05. The summed E-state index contributed by atoms with van der Waals surface area (Å²) in [5.41, 5.74) is 1.04. The lowest BCUT2D eigenvalue weighted by atomic mass is 10.2. The predicted octanol–water partition coefficient (Wildman–Crippen LogP) is 4.12. The number of aromatic nitrogens is 4. The van der Waals surface area contributed by atoms with Crippen LogP contribution in [0.2, 0.25) is 0 Å². The van der Waals surface area contributed by atoms with Crippen LogP contribution in [-0.2, 0) is 22.7 Å². The number of nitrogens with zero attached hydrogens (tertiary/aromatic N) is 4. The molecule has 0 unspecified atom stereocenters. The molecule has 1 aromatic carbocycles. The number of carbonyl (C=O) groups is 1. The number of hydrogen-bond acceptors (Lipinski definition) is 9. The van der Waals surface area contributed by atoms with Crippen LogP contribution in [0, 0.1) is 5.82 Å². The molecule has 4 heterocycles. The maximum absolute atomic E-state index is 13.0. The van der Waals surface area contributed by atoms with E-state index < -0.39 is 5.97 Å². The number of fused-ring (bicyclic) bond motifs is 1. The van der Waals surface area contributed by atoms with E-state index in [2.05, 4.69) is 15.1 Å². The van der Waals surface area contributed by atoms with Gasteiger partial charge in [-0.15, -0.1) is 22.7 Å². The van der Waals surface area contributed by atoms with Crippen molar-refractivity contribution in [1.29, 1.82) is 0 Å². The zero-order chi connectivity index (χ0) is 22.1. The van der Waals surface area contributed by atoms with Crippen molar-refractivity contribution in [3.05, 3.63) is 75.5 Å². The summed E-state index contributed by atoms with van der Waals surface area (Å²) < 4.78 is 24.5. The Morgan fingerprint density at radius 2 is 2.03 bits per heavy atom. The van der Waals surface area contributed by atoms with Gasteiger partial charge in [-0.2, -0.15) is 4.98 Å². The molecule has 0 saturated carbocycles.